The molecule has 0 saturated carbocycles. The van der Waals surface area contributed by atoms with Crippen molar-refractivity contribution in [1.29, 1.82) is 0 Å². The SMILES string of the molecule is Cc1cc(C(C)Nc2nccc(C)c2N)c(C)o1. The van der Waals surface area contributed by atoms with Crippen molar-refractivity contribution < 1.29 is 4.42 Å². The molecule has 0 aliphatic carbocycles. The summed E-state index contributed by atoms with van der Waals surface area (Å²) in [6.07, 6.45) is 1.76. The van der Waals surface area contributed by atoms with Gasteiger partial charge in [-0.3, -0.25) is 0 Å². The van der Waals surface area contributed by atoms with Crippen LogP contribution in [0.1, 0.15) is 35.6 Å². The van der Waals surface area contributed by atoms with E-state index < -0.39 is 0 Å². The van der Waals surface area contributed by atoms with Crippen molar-refractivity contribution in [1.82, 2.24) is 4.98 Å². The lowest BCUT2D eigenvalue weighted by Gasteiger charge is -2.16. The van der Waals surface area contributed by atoms with E-state index in [-0.39, 0.29) is 6.04 Å². The predicted octanol–water partition coefficient (Wildman–Crippen LogP) is 3.36. The number of nitrogens with two attached hydrogens (primary N) is 1. The first kappa shape index (κ1) is 12.5. The Balaban J connectivity index is 2.24. The van der Waals surface area contributed by atoms with Crippen molar-refractivity contribution in [2.75, 3.05) is 11.1 Å². The molecular weight excluding hydrogens is 226 g/mol. The first-order valence-electron chi connectivity index (χ1n) is 6.03. The molecule has 0 amide bonds. The van der Waals surface area contributed by atoms with Gasteiger partial charge in [-0.25, -0.2) is 4.98 Å². The Hall–Kier alpha value is -1.97. The van der Waals surface area contributed by atoms with Crippen molar-refractivity contribution in [2.45, 2.75) is 33.7 Å². The zero-order valence-electron chi connectivity index (χ0n) is 11.2. The van der Waals surface area contributed by atoms with Crippen LogP contribution < -0.4 is 11.1 Å². The average molecular weight is 245 g/mol. The lowest BCUT2D eigenvalue weighted by atomic mass is 10.1. The molecule has 0 aromatic carbocycles. The van der Waals surface area contributed by atoms with Crippen molar-refractivity contribution in [3.05, 3.63) is 41.0 Å². The van der Waals surface area contributed by atoms with E-state index in [1.54, 1.807) is 6.20 Å². The smallest absolute Gasteiger partial charge is 0.149 e. The molecule has 0 spiro atoms. The minimum Gasteiger partial charge on any atom is -0.466 e. The fourth-order valence-corrected chi connectivity index (χ4v) is 2.05. The van der Waals surface area contributed by atoms with Gasteiger partial charge >= 0.3 is 0 Å². The first-order chi connectivity index (χ1) is 8.49. The Kier molecular flexibility index (Phi) is 3.28. The van der Waals surface area contributed by atoms with E-state index in [1.165, 1.54) is 0 Å². The van der Waals surface area contributed by atoms with Crippen LogP contribution in [0.4, 0.5) is 11.5 Å². The third kappa shape index (κ3) is 2.32. The van der Waals surface area contributed by atoms with E-state index in [0.29, 0.717) is 5.69 Å². The monoisotopic (exact) mass is 245 g/mol. The van der Waals surface area contributed by atoms with Crippen molar-refractivity contribution in [3.8, 4) is 0 Å². The summed E-state index contributed by atoms with van der Waals surface area (Å²) in [5.74, 6) is 2.57. The molecule has 4 nitrogen and oxygen atoms in total. The summed E-state index contributed by atoms with van der Waals surface area (Å²) in [6.45, 7) is 7.96. The number of nitrogens with one attached hydrogen (secondary N) is 1. The molecule has 0 fully saturated rings. The van der Waals surface area contributed by atoms with Gasteiger partial charge in [0.1, 0.15) is 17.3 Å². The molecule has 0 saturated heterocycles. The summed E-state index contributed by atoms with van der Waals surface area (Å²) in [6, 6.07) is 4.05. The Morgan fingerprint density at radius 3 is 2.67 bits per heavy atom. The van der Waals surface area contributed by atoms with Crippen LogP contribution >= 0.6 is 0 Å². The van der Waals surface area contributed by atoms with Gasteiger partial charge < -0.3 is 15.5 Å². The fourth-order valence-electron chi connectivity index (χ4n) is 2.05. The molecule has 2 heterocycles. The summed E-state index contributed by atoms with van der Waals surface area (Å²) in [5.41, 5.74) is 8.86. The maximum absolute atomic E-state index is 6.00. The molecule has 18 heavy (non-hydrogen) atoms. The standard InChI is InChI=1S/C14H19N3O/c1-8-5-6-16-14(13(8)15)17-10(3)12-7-9(2)18-11(12)4/h5-7,10H,15H2,1-4H3,(H,16,17). The quantitative estimate of drug-likeness (QED) is 0.870. The molecule has 4 heteroatoms. The number of hydrogen-bond acceptors (Lipinski definition) is 4. The molecule has 96 valence electrons. The molecule has 1 atom stereocenters. The highest BCUT2D eigenvalue weighted by Crippen LogP contribution is 2.27. The number of nitrogen functional groups attached to an aromatic ring is 1. The largest absolute Gasteiger partial charge is 0.466 e. The number of nitrogens with zero attached hydrogens (tertiary/aromatic N) is 1. The predicted molar refractivity (Wildman–Crippen MR) is 73.6 cm³/mol. The fraction of sp³-hybridized carbons (Fsp3) is 0.357. The van der Waals surface area contributed by atoms with Gasteiger partial charge in [-0.1, -0.05) is 0 Å². The first-order valence-corrected chi connectivity index (χ1v) is 6.03. The van der Waals surface area contributed by atoms with E-state index in [4.69, 9.17) is 10.2 Å². The van der Waals surface area contributed by atoms with Crippen LogP contribution in [0.5, 0.6) is 0 Å². The Morgan fingerprint density at radius 1 is 1.33 bits per heavy atom. The van der Waals surface area contributed by atoms with E-state index in [1.807, 2.05) is 32.9 Å². The van der Waals surface area contributed by atoms with Crippen LogP contribution in [-0.2, 0) is 0 Å². The van der Waals surface area contributed by atoms with Crippen LogP contribution in [-0.4, -0.2) is 4.98 Å². The topological polar surface area (TPSA) is 64.1 Å². The summed E-state index contributed by atoms with van der Waals surface area (Å²) >= 11 is 0. The number of anilines is 2. The van der Waals surface area contributed by atoms with Crippen LogP contribution in [0, 0.1) is 20.8 Å². The van der Waals surface area contributed by atoms with Gasteiger partial charge in [-0.2, -0.15) is 0 Å². The molecule has 0 aliphatic heterocycles. The second kappa shape index (κ2) is 4.72. The normalized spacial score (nSPS) is 12.4. The van der Waals surface area contributed by atoms with E-state index in [2.05, 4.69) is 17.2 Å². The third-order valence-corrected chi connectivity index (χ3v) is 3.11. The van der Waals surface area contributed by atoms with Crippen LogP contribution in [0.15, 0.2) is 22.7 Å². The molecule has 2 aromatic heterocycles. The molecule has 2 aromatic rings. The van der Waals surface area contributed by atoms with Gasteiger partial charge in [-0.15, -0.1) is 0 Å². The lowest BCUT2D eigenvalue weighted by Crippen LogP contribution is -2.10. The molecule has 3 N–H and O–H groups in total. The number of rotatable bonds is 3. The highest BCUT2D eigenvalue weighted by atomic mass is 16.3. The van der Waals surface area contributed by atoms with Crippen molar-refractivity contribution in [2.24, 2.45) is 0 Å². The lowest BCUT2D eigenvalue weighted by molar-refractivity contribution is 0.500. The summed E-state index contributed by atoms with van der Waals surface area (Å²) in [4.78, 5) is 4.27. The Morgan fingerprint density at radius 2 is 2.06 bits per heavy atom. The summed E-state index contributed by atoms with van der Waals surface area (Å²) < 4.78 is 5.54. The molecule has 0 aliphatic rings. The second-order valence-electron chi connectivity index (χ2n) is 4.62. The van der Waals surface area contributed by atoms with E-state index >= 15 is 0 Å². The van der Waals surface area contributed by atoms with Gasteiger partial charge in [0.25, 0.3) is 0 Å². The third-order valence-electron chi connectivity index (χ3n) is 3.11. The van der Waals surface area contributed by atoms with Crippen molar-refractivity contribution in [3.63, 3.8) is 0 Å². The molecule has 1 unspecified atom stereocenters. The molecule has 0 radical (unpaired) electrons. The highest BCUT2D eigenvalue weighted by Gasteiger charge is 2.14. The zero-order chi connectivity index (χ0) is 13.3. The molecular formula is C14H19N3O. The van der Waals surface area contributed by atoms with E-state index in [0.717, 1.165) is 28.5 Å². The summed E-state index contributed by atoms with van der Waals surface area (Å²) in [7, 11) is 0. The number of aryl methyl sites for hydroxylation is 3. The van der Waals surface area contributed by atoms with E-state index in [9.17, 15) is 0 Å². The van der Waals surface area contributed by atoms with Gasteiger partial charge in [0.15, 0.2) is 0 Å². The van der Waals surface area contributed by atoms with Gasteiger partial charge in [0, 0.05) is 11.8 Å². The minimum absolute atomic E-state index is 0.110. The van der Waals surface area contributed by atoms with Crippen LogP contribution in [0.3, 0.4) is 0 Å². The van der Waals surface area contributed by atoms with Crippen molar-refractivity contribution >= 4 is 11.5 Å². The molecule has 0 bridgehead atoms. The van der Waals surface area contributed by atoms with Crippen LogP contribution in [0.2, 0.25) is 0 Å². The Bertz CT molecular complexity index is 560. The van der Waals surface area contributed by atoms with Gasteiger partial charge in [0.2, 0.25) is 0 Å². The maximum atomic E-state index is 6.00. The van der Waals surface area contributed by atoms with Gasteiger partial charge in [0.05, 0.1) is 11.7 Å². The Labute approximate surface area is 107 Å². The number of hydrogen-bond donors (Lipinski definition) is 2. The number of furan rings is 1. The second-order valence-corrected chi connectivity index (χ2v) is 4.62. The highest BCUT2D eigenvalue weighted by molar-refractivity contribution is 5.65. The minimum atomic E-state index is 0.110. The number of pyridine rings is 1. The molecule has 2 rings (SSSR count). The van der Waals surface area contributed by atoms with Gasteiger partial charge in [-0.05, 0) is 45.4 Å². The average Bonchev–Trinajstić information content (AvgIpc) is 2.64. The summed E-state index contributed by atoms with van der Waals surface area (Å²) in [5, 5.41) is 3.33. The zero-order valence-corrected chi connectivity index (χ0v) is 11.2. The number of aromatic nitrogens is 1. The van der Waals surface area contributed by atoms with Crippen LogP contribution in [0.25, 0.3) is 0 Å². The maximum Gasteiger partial charge on any atom is 0.149 e.